The van der Waals surface area contributed by atoms with E-state index in [4.69, 9.17) is 24.2 Å². The molecule has 2 aromatic carbocycles. The van der Waals surface area contributed by atoms with Gasteiger partial charge >= 0.3 is 11.9 Å². The Balaban J connectivity index is 1.41. The maximum Gasteiger partial charge on any atom is 0.356 e. The third-order valence-electron chi connectivity index (χ3n) is 9.08. The molecule has 0 saturated heterocycles. The molecule has 0 bridgehead atoms. The number of esters is 2. The van der Waals surface area contributed by atoms with Gasteiger partial charge < -0.3 is 14.2 Å². The van der Waals surface area contributed by atoms with Gasteiger partial charge in [-0.3, -0.25) is 14.7 Å². The van der Waals surface area contributed by atoms with Gasteiger partial charge in [-0.15, -0.1) is 0 Å². The van der Waals surface area contributed by atoms with E-state index in [9.17, 15) is 9.59 Å². The molecule has 0 spiro atoms. The van der Waals surface area contributed by atoms with E-state index in [1.807, 2.05) is 66.7 Å². The van der Waals surface area contributed by atoms with Crippen LogP contribution in [0, 0.1) is 0 Å². The first-order valence-corrected chi connectivity index (χ1v) is 18.3. The minimum absolute atomic E-state index is 0.277. The lowest BCUT2D eigenvalue weighted by Gasteiger charge is -2.30. The minimum atomic E-state index is -0.467. The number of benzene rings is 2. The molecule has 3 heterocycles. The summed E-state index contributed by atoms with van der Waals surface area (Å²) in [4.78, 5) is 46.1. The zero-order chi connectivity index (χ0) is 38.8. The average Bonchev–Trinajstić information content (AvgIpc) is 3.47. The van der Waals surface area contributed by atoms with Crippen LogP contribution >= 0.6 is 0 Å². The van der Waals surface area contributed by atoms with E-state index in [-0.39, 0.29) is 5.69 Å². The molecule has 0 N–H and O–H groups in total. The summed E-state index contributed by atoms with van der Waals surface area (Å²) in [5.41, 5.74) is 6.12. The highest BCUT2D eigenvalue weighted by atomic mass is 16.5. The van der Waals surface area contributed by atoms with E-state index in [0.29, 0.717) is 69.4 Å². The molecule has 2 aromatic heterocycles. The van der Waals surface area contributed by atoms with Crippen molar-refractivity contribution in [2.75, 3.05) is 54.1 Å². The molecule has 0 radical (unpaired) electrons. The Morgan fingerprint density at radius 2 is 1.13 bits per heavy atom. The largest absolute Gasteiger partial charge is 0.495 e. The van der Waals surface area contributed by atoms with Gasteiger partial charge in [0.1, 0.15) is 22.8 Å². The number of pyridine rings is 2. The molecule has 5 rings (SSSR count). The molecule has 0 unspecified atom stereocenters. The molecular formula is C44H50N6O5. The Bertz CT molecular complexity index is 1850. The second-order valence-electron chi connectivity index (χ2n) is 13.1. The quantitative estimate of drug-likeness (QED) is 0.0752. The van der Waals surface area contributed by atoms with Gasteiger partial charge in [0.15, 0.2) is 0 Å². The van der Waals surface area contributed by atoms with Crippen molar-refractivity contribution in [1.29, 1.82) is 0 Å². The van der Waals surface area contributed by atoms with Crippen LogP contribution in [0.5, 0.6) is 0 Å². The number of rotatable bonds is 20. The van der Waals surface area contributed by atoms with Gasteiger partial charge in [-0.1, -0.05) is 85.5 Å². The van der Waals surface area contributed by atoms with Crippen molar-refractivity contribution < 1.29 is 23.8 Å². The minimum Gasteiger partial charge on any atom is -0.495 e. The standard InChI is InChI=1S/C44H50N6O5/c1-34(53-2)40-23-13-20-38(45-40)32-49(29-35-15-7-5-8-16-35)27-25-48(31-37-19-11-12-22-41(46-37)43(51)54-3)26-28-50(30-36-17-9-6-10-18-36)33-39-21-14-24-42(47-39)44(52)55-4/h5-11,13-24H,1,12,25-33H2,2-4H3. The van der Waals surface area contributed by atoms with Crippen molar-refractivity contribution in [2.45, 2.75) is 32.6 Å². The van der Waals surface area contributed by atoms with Crippen molar-refractivity contribution in [2.24, 2.45) is 4.99 Å². The fourth-order valence-corrected chi connectivity index (χ4v) is 6.19. The van der Waals surface area contributed by atoms with Crippen LogP contribution in [-0.4, -0.2) is 96.4 Å². The molecule has 1 aliphatic heterocycles. The number of hydrogen-bond acceptors (Lipinski definition) is 11. The topological polar surface area (TPSA) is 110 Å². The number of methoxy groups -OCH3 is 3. The van der Waals surface area contributed by atoms with Crippen LogP contribution in [0.1, 0.15) is 45.1 Å². The number of ether oxygens (including phenoxy) is 3. The third-order valence-corrected chi connectivity index (χ3v) is 9.08. The van der Waals surface area contributed by atoms with E-state index in [0.717, 1.165) is 30.2 Å². The summed E-state index contributed by atoms with van der Waals surface area (Å²) in [6, 6.07) is 32.1. The highest BCUT2D eigenvalue weighted by Gasteiger charge is 2.19. The third kappa shape index (κ3) is 13.0. The van der Waals surface area contributed by atoms with Gasteiger partial charge in [0.05, 0.1) is 38.4 Å². The Morgan fingerprint density at radius 1 is 0.600 bits per heavy atom. The Labute approximate surface area is 324 Å². The summed E-state index contributed by atoms with van der Waals surface area (Å²) >= 11 is 0. The van der Waals surface area contributed by atoms with Crippen molar-refractivity contribution >= 4 is 23.4 Å². The molecule has 0 aliphatic carbocycles. The van der Waals surface area contributed by atoms with Crippen LogP contribution in [0.2, 0.25) is 0 Å². The lowest BCUT2D eigenvalue weighted by molar-refractivity contribution is -0.136. The predicted molar refractivity (Wildman–Crippen MR) is 215 cm³/mol. The average molecular weight is 743 g/mol. The summed E-state index contributed by atoms with van der Waals surface area (Å²) in [6.45, 7) is 9.88. The van der Waals surface area contributed by atoms with E-state index in [2.05, 4.69) is 62.7 Å². The van der Waals surface area contributed by atoms with Crippen LogP contribution in [0.25, 0.3) is 5.76 Å². The van der Waals surface area contributed by atoms with Crippen molar-refractivity contribution in [3.63, 3.8) is 0 Å². The molecule has 0 amide bonds. The van der Waals surface area contributed by atoms with E-state index < -0.39 is 11.9 Å². The highest BCUT2D eigenvalue weighted by Crippen LogP contribution is 2.16. The first-order chi connectivity index (χ1) is 26.8. The number of aliphatic imine (C=N–C) groups is 1. The number of carbonyl (C=O) groups is 2. The number of aromatic nitrogens is 2. The Morgan fingerprint density at radius 3 is 1.67 bits per heavy atom. The van der Waals surface area contributed by atoms with Gasteiger partial charge in [0.2, 0.25) is 0 Å². The fourth-order valence-electron chi connectivity index (χ4n) is 6.19. The van der Waals surface area contributed by atoms with Gasteiger partial charge in [-0.05, 0) is 54.0 Å². The first-order valence-electron chi connectivity index (χ1n) is 18.3. The molecular weight excluding hydrogens is 693 g/mol. The molecule has 11 nitrogen and oxygen atoms in total. The van der Waals surface area contributed by atoms with Crippen LogP contribution in [-0.2, 0) is 45.2 Å². The Kier molecular flexibility index (Phi) is 15.6. The second kappa shape index (κ2) is 21.2. The monoisotopic (exact) mass is 742 g/mol. The van der Waals surface area contributed by atoms with Crippen molar-refractivity contribution in [3.8, 4) is 0 Å². The molecule has 0 saturated carbocycles. The van der Waals surface area contributed by atoms with Crippen LogP contribution in [0.15, 0.2) is 133 Å². The Hall–Kier alpha value is -5.75. The summed E-state index contributed by atoms with van der Waals surface area (Å²) < 4.78 is 15.3. The van der Waals surface area contributed by atoms with Crippen LogP contribution in [0.3, 0.4) is 0 Å². The van der Waals surface area contributed by atoms with Gasteiger partial charge in [-0.25, -0.2) is 24.5 Å². The van der Waals surface area contributed by atoms with Crippen molar-refractivity contribution in [1.82, 2.24) is 24.7 Å². The molecule has 286 valence electrons. The molecule has 4 aromatic rings. The van der Waals surface area contributed by atoms with Crippen LogP contribution in [0.4, 0.5) is 0 Å². The first kappa shape index (κ1) is 40.4. The smallest absolute Gasteiger partial charge is 0.356 e. The SMILES string of the molecule is C=C(OC)c1cccc(CN(CCN(CCN(Cc2ccccc2)Cc2cccc(C(=O)OC)n2)CC2=NC(C(=O)OC)=CCC=C2)Cc2ccccc2)n1. The zero-order valence-corrected chi connectivity index (χ0v) is 32.0. The molecule has 55 heavy (non-hydrogen) atoms. The molecule has 1 aliphatic rings. The van der Waals surface area contributed by atoms with E-state index >= 15 is 0 Å². The summed E-state index contributed by atoms with van der Waals surface area (Å²) in [5.74, 6) is -0.401. The van der Waals surface area contributed by atoms with Gasteiger partial charge in [0, 0.05) is 58.9 Å². The summed E-state index contributed by atoms with van der Waals surface area (Å²) in [5, 5.41) is 0. The van der Waals surface area contributed by atoms with Crippen molar-refractivity contribution in [3.05, 3.63) is 161 Å². The lowest BCUT2D eigenvalue weighted by atomic mass is 10.2. The number of allylic oxidation sites excluding steroid dienone is 2. The highest BCUT2D eigenvalue weighted by molar-refractivity contribution is 6.01. The normalized spacial score (nSPS) is 12.6. The second-order valence-corrected chi connectivity index (χ2v) is 13.1. The molecule has 0 fully saturated rings. The number of carbonyl (C=O) groups excluding carboxylic acids is 2. The fraction of sp³-hybridized carbons (Fsp3) is 0.295. The van der Waals surface area contributed by atoms with E-state index in [1.165, 1.54) is 25.3 Å². The molecule has 11 heteroatoms. The maximum absolute atomic E-state index is 12.5. The predicted octanol–water partition coefficient (Wildman–Crippen LogP) is 6.34. The summed E-state index contributed by atoms with van der Waals surface area (Å²) in [6.07, 6.45) is 6.39. The lowest BCUT2D eigenvalue weighted by Crippen LogP contribution is -2.41. The number of nitrogens with zero attached hydrogens (tertiary/aromatic N) is 6. The van der Waals surface area contributed by atoms with Crippen LogP contribution < -0.4 is 0 Å². The maximum atomic E-state index is 12.5. The molecule has 0 atom stereocenters. The zero-order valence-electron chi connectivity index (χ0n) is 32.0. The van der Waals surface area contributed by atoms with Gasteiger partial charge in [0.25, 0.3) is 0 Å². The summed E-state index contributed by atoms with van der Waals surface area (Å²) in [7, 11) is 4.33. The van der Waals surface area contributed by atoms with E-state index in [1.54, 1.807) is 19.3 Å². The number of hydrogen-bond donors (Lipinski definition) is 0. The van der Waals surface area contributed by atoms with Gasteiger partial charge in [-0.2, -0.15) is 0 Å².